The lowest BCUT2D eigenvalue weighted by atomic mass is 10.1. The highest BCUT2D eigenvalue weighted by molar-refractivity contribution is 6.35. The third-order valence-electron chi connectivity index (χ3n) is 3.65. The van der Waals surface area contributed by atoms with Gasteiger partial charge in [0.2, 0.25) is 0 Å². The number of ether oxygens (including phenoxy) is 1. The van der Waals surface area contributed by atoms with Crippen molar-refractivity contribution >= 4 is 46.8 Å². The Bertz CT molecular complexity index is 924. The molecule has 1 aliphatic rings. The Morgan fingerprint density at radius 2 is 1.92 bits per heavy atom. The molecule has 0 fully saturated rings. The summed E-state index contributed by atoms with van der Waals surface area (Å²) in [6, 6.07) is 14.0. The third kappa shape index (κ3) is 3.95. The van der Waals surface area contributed by atoms with Gasteiger partial charge in [-0.1, -0.05) is 53.5 Å². The Morgan fingerprint density at radius 1 is 1.19 bits per heavy atom. The second-order valence-corrected chi connectivity index (χ2v) is 6.37. The van der Waals surface area contributed by atoms with Crippen molar-refractivity contribution in [3.05, 3.63) is 69.7 Å². The lowest BCUT2D eigenvalue weighted by Gasteiger charge is -2.12. The minimum atomic E-state index is -0.586. The molecule has 7 heteroatoms. The molecular weight excluding hydrogens is 375 g/mol. The molecule has 2 aromatic carbocycles. The van der Waals surface area contributed by atoms with E-state index in [1.165, 1.54) is 6.07 Å². The van der Waals surface area contributed by atoms with Crippen LogP contribution in [-0.4, -0.2) is 29.1 Å². The molecule has 0 radical (unpaired) electrons. The molecule has 5 nitrogen and oxygen atoms in total. The van der Waals surface area contributed by atoms with Gasteiger partial charge in [0.25, 0.3) is 11.8 Å². The predicted molar refractivity (Wildman–Crippen MR) is 101 cm³/mol. The van der Waals surface area contributed by atoms with Crippen molar-refractivity contribution in [1.82, 2.24) is 5.01 Å². The van der Waals surface area contributed by atoms with Gasteiger partial charge in [0, 0.05) is 5.02 Å². The Morgan fingerprint density at radius 3 is 2.62 bits per heavy atom. The Hall–Kier alpha value is -2.63. The molecule has 1 aliphatic heterocycles. The van der Waals surface area contributed by atoms with Crippen LogP contribution < -0.4 is 4.74 Å². The van der Waals surface area contributed by atoms with Gasteiger partial charge in [0.05, 0.1) is 16.3 Å². The average Bonchev–Trinajstić information content (AvgIpc) is 2.90. The SMILES string of the molecule is CC1=NN(C(=O)COc2ccc(Cl)cc2Cl)C(=O)/C1=C/c1ccccc1. The van der Waals surface area contributed by atoms with Gasteiger partial charge in [0.15, 0.2) is 6.61 Å². The number of hydrazone groups is 1. The number of amides is 2. The van der Waals surface area contributed by atoms with Crippen LogP contribution in [0.4, 0.5) is 0 Å². The van der Waals surface area contributed by atoms with E-state index in [0.717, 1.165) is 10.6 Å². The smallest absolute Gasteiger partial charge is 0.288 e. The molecule has 26 heavy (non-hydrogen) atoms. The van der Waals surface area contributed by atoms with Gasteiger partial charge in [-0.25, -0.2) is 0 Å². The summed E-state index contributed by atoms with van der Waals surface area (Å²) in [4.78, 5) is 24.8. The highest BCUT2D eigenvalue weighted by Gasteiger charge is 2.32. The van der Waals surface area contributed by atoms with Gasteiger partial charge in [-0.3, -0.25) is 9.59 Å². The van der Waals surface area contributed by atoms with Gasteiger partial charge in [-0.15, -0.1) is 0 Å². The molecule has 0 saturated carbocycles. The number of carbonyl (C=O) groups is 2. The van der Waals surface area contributed by atoms with Crippen LogP contribution in [0.2, 0.25) is 10.0 Å². The van der Waals surface area contributed by atoms with E-state index in [0.29, 0.717) is 22.1 Å². The largest absolute Gasteiger partial charge is 0.482 e. The van der Waals surface area contributed by atoms with Crippen LogP contribution in [0.3, 0.4) is 0 Å². The molecular formula is C19H14Cl2N2O3. The second-order valence-electron chi connectivity index (χ2n) is 5.53. The lowest BCUT2D eigenvalue weighted by molar-refractivity contribution is -0.142. The molecule has 0 N–H and O–H groups in total. The molecule has 0 saturated heterocycles. The molecule has 0 atom stereocenters. The van der Waals surface area contributed by atoms with Crippen LogP contribution in [-0.2, 0) is 9.59 Å². The topological polar surface area (TPSA) is 59.0 Å². The van der Waals surface area contributed by atoms with Crippen molar-refractivity contribution in [2.75, 3.05) is 6.61 Å². The van der Waals surface area contributed by atoms with Crippen molar-refractivity contribution in [3.8, 4) is 5.75 Å². The van der Waals surface area contributed by atoms with Gasteiger partial charge >= 0.3 is 0 Å². The number of carbonyl (C=O) groups excluding carboxylic acids is 2. The van der Waals surface area contributed by atoms with Crippen LogP contribution in [0, 0.1) is 0 Å². The number of halogens is 2. The summed E-state index contributed by atoms with van der Waals surface area (Å²) in [6.45, 7) is 1.30. The highest BCUT2D eigenvalue weighted by Crippen LogP contribution is 2.27. The van der Waals surface area contributed by atoms with E-state index in [2.05, 4.69) is 5.10 Å². The Balaban J connectivity index is 1.71. The van der Waals surface area contributed by atoms with E-state index in [4.69, 9.17) is 27.9 Å². The standard InChI is InChI=1S/C19H14Cl2N2O3/c1-12-15(9-13-5-3-2-4-6-13)19(25)23(22-12)18(24)11-26-17-8-7-14(20)10-16(17)21/h2-10H,11H2,1H3/b15-9+. The van der Waals surface area contributed by atoms with Crippen molar-refractivity contribution in [2.45, 2.75) is 6.92 Å². The van der Waals surface area contributed by atoms with Gasteiger partial charge < -0.3 is 4.74 Å². The zero-order valence-electron chi connectivity index (χ0n) is 13.8. The van der Waals surface area contributed by atoms with Gasteiger partial charge in [-0.2, -0.15) is 10.1 Å². The first-order valence-corrected chi connectivity index (χ1v) is 8.49. The van der Waals surface area contributed by atoms with Crippen LogP contribution in [0.25, 0.3) is 6.08 Å². The van der Waals surface area contributed by atoms with Crippen molar-refractivity contribution in [3.63, 3.8) is 0 Å². The Labute approximate surface area is 160 Å². The average molecular weight is 389 g/mol. The minimum absolute atomic E-state index is 0.280. The summed E-state index contributed by atoms with van der Waals surface area (Å²) in [5.74, 6) is -0.768. The Kier molecular flexibility index (Phi) is 5.40. The zero-order chi connectivity index (χ0) is 18.7. The molecule has 0 spiro atoms. The predicted octanol–water partition coefficient (Wildman–Crippen LogP) is 4.20. The first-order valence-electron chi connectivity index (χ1n) is 7.73. The number of hydrogen-bond donors (Lipinski definition) is 0. The number of rotatable bonds is 4. The van der Waals surface area contributed by atoms with Crippen LogP contribution >= 0.6 is 23.2 Å². The molecule has 1 heterocycles. The summed E-state index contributed by atoms with van der Waals surface area (Å²) in [5, 5.41) is 5.60. The van der Waals surface area contributed by atoms with E-state index >= 15 is 0 Å². The van der Waals surface area contributed by atoms with E-state index in [1.54, 1.807) is 25.1 Å². The first-order chi connectivity index (χ1) is 12.5. The number of benzene rings is 2. The highest BCUT2D eigenvalue weighted by atomic mass is 35.5. The van der Waals surface area contributed by atoms with Crippen LogP contribution in [0.5, 0.6) is 5.75 Å². The lowest BCUT2D eigenvalue weighted by Crippen LogP contribution is -2.33. The maximum Gasteiger partial charge on any atom is 0.288 e. The molecule has 0 bridgehead atoms. The second kappa shape index (κ2) is 7.72. The molecule has 2 amide bonds. The maximum absolute atomic E-state index is 12.5. The fourth-order valence-electron chi connectivity index (χ4n) is 2.36. The molecule has 3 rings (SSSR count). The van der Waals surface area contributed by atoms with E-state index < -0.39 is 11.8 Å². The summed E-state index contributed by atoms with van der Waals surface area (Å²) >= 11 is 11.8. The molecule has 132 valence electrons. The summed E-state index contributed by atoms with van der Waals surface area (Å²) in [6.07, 6.45) is 1.70. The normalized spacial score (nSPS) is 15.3. The number of imide groups is 1. The van der Waals surface area contributed by atoms with Crippen LogP contribution in [0.15, 0.2) is 59.2 Å². The summed E-state index contributed by atoms with van der Waals surface area (Å²) < 4.78 is 5.38. The molecule has 0 aliphatic carbocycles. The number of nitrogens with zero attached hydrogens (tertiary/aromatic N) is 2. The zero-order valence-corrected chi connectivity index (χ0v) is 15.3. The van der Waals surface area contributed by atoms with Crippen molar-refractivity contribution < 1.29 is 14.3 Å². The van der Waals surface area contributed by atoms with E-state index in [-0.39, 0.29) is 11.6 Å². The van der Waals surface area contributed by atoms with Gasteiger partial charge in [-0.05, 0) is 36.8 Å². The molecule has 2 aromatic rings. The fraction of sp³-hybridized carbons (Fsp3) is 0.105. The minimum Gasteiger partial charge on any atom is -0.482 e. The first kappa shape index (κ1) is 18.2. The van der Waals surface area contributed by atoms with Crippen molar-refractivity contribution in [1.29, 1.82) is 0 Å². The monoisotopic (exact) mass is 388 g/mol. The van der Waals surface area contributed by atoms with E-state index in [1.807, 2.05) is 30.3 Å². The third-order valence-corrected chi connectivity index (χ3v) is 4.18. The van der Waals surface area contributed by atoms with Crippen LogP contribution in [0.1, 0.15) is 12.5 Å². The maximum atomic E-state index is 12.5. The van der Waals surface area contributed by atoms with Gasteiger partial charge in [0.1, 0.15) is 5.75 Å². The quantitative estimate of drug-likeness (QED) is 0.737. The van der Waals surface area contributed by atoms with Crippen molar-refractivity contribution in [2.24, 2.45) is 5.10 Å². The fourth-order valence-corrected chi connectivity index (χ4v) is 2.83. The summed E-state index contributed by atoms with van der Waals surface area (Å²) in [5.41, 5.74) is 1.69. The number of hydrogen-bond acceptors (Lipinski definition) is 4. The molecule has 0 unspecified atom stereocenters. The molecule has 0 aromatic heterocycles. The van der Waals surface area contributed by atoms with E-state index in [9.17, 15) is 9.59 Å². The summed E-state index contributed by atoms with van der Waals surface area (Å²) in [7, 11) is 0.